The third-order valence-electron chi connectivity index (χ3n) is 7.04. The summed E-state index contributed by atoms with van der Waals surface area (Å²) >= 11 is 0. The second-order valence-electron chi connectivity index (χ2n) is 9.15. The zero-order valence-corrected chi connectivity index (χ0v) is 21.7. The van der Waals surface area contributed by atoms with Crippen molar-refractivity contribution in [2.24, 2.45) is 5.73 Å². The Kier molecular flexibility index (Phi) is 9.18. The highest BCUT2D eigenvalue weighted by atomic mass is 16.6. The van der Waals surface area contributed by atoms with Gasteiger partial charge in [0, 0.05) is 7.11 Å². The van der Waals surface area contributed by atoms with Crippen molar-refractivity contribution < 1.29 is 28.8 Å². The molecular weight excluding hydrogens is 470 g/mol. The minimum Gasteiger partial charge on any atom is -0.497 e. The van der Waals surface area contributed by atoms with Gasteiger partial charge in [-0.2, -0.15) is 0 Å². The second-order valence-corrected chi connectivity index (χ2v) is 9.15. The maximum atomic E-state index is 11.1. The van der Waals surface area contributed by atoms with Crippen LogP contribution < -0.4 is 15.2 Å². The van der Waals surface area contributed by atoms with Crippen molar-refractivity contribution in [2.45, 2.75) is 42.9 Å². The van der Waals surface area contributed by atoms with Gasteiger partial charge in [0.25, 0.3) is 0 Å². The minimum atomic E-state index is -0.985. The molecule has 3 N–H and O–H groups in total. The van der Waals surface area contributed by atoms with Gasteiger partial charge >= 0.3 is 0 Å². The van der Waals surface area contributed by atoms with Gasteiger partial charge in [-0.1, -0.05) is 54.6 Å². The predicted octanol–water partition coefficient (Wildman–Crippen LogP) is 3.89. The molecule has 1 aliphatic heterocycles. The van der Waals surface area contributed by atoms with E-state index in [0.29, 0.717) is 13.0 Å². The number of nitrogens with two attached hydrogens (primary N) is 1. The van der Waals surface area contributed by atoms with E-state index in [1.807, 2.05) is 78.9 Å². The van der Waals surface area contributed by atoms with Gasteiger partial charge in [0.05, 0.1) is 26.9 Å². The SMILES string of the molecule is COc1ccc(C(OC[C@H]2O[C@H](CCCN)[C@H](OC)[C@@H]2O)(c2ccccc2)c2ccc(OC)cc2)cc1. The smallest absolute Gasteiger partial charge is 0.143 e. The number of ether oxygens (including phenoxy) is 5. The zero-order valence-electron chi connectivity index (χ0n) is 21.7. The Hall–Kier alpha value is -2.94. The topological polar surface area (TPSA) is 92.4 Å². The molecule has 37 heavy (non-hydrogen) atoms. The Balaban J connectivity index is 1.76. The summed E-state index contributed by atoms with van der Waals surface area (Å²) in [5.74, 6) is 1.50. The molecule has 0 radical (unpaired) electrons. The molecule has 0 aromatic heterocycles. The Bertz CT molecular complexity index is 1040. The van der Waals surface area contributed by atoms with Crippen LogP contribution >= 0.6 is 0 Å². The van der Waals surface area contributed by atoms with Crippen molar-refractivity contribution >= 4 is 0 Å². The van der Waals surface area contributed by atoms with Crippen LogP contribution in [0.4, 0.5) is 0 Å². The van der Waals surface area contributed by atoms with Crippen LogP contribution in [0, 0.1) is 0 Å². The van der Waals surface area contributed by atoms with Crippen LogP contribution in [-0.2, 0) is 19.8 Å². The Morgan fingerprint density at radius 3 is 1.81 bits per heavy atom. The monoisotopic (exact) mass is 507 g/mol. The first-order chi connectivity index (χ1) is 18.1. The van der Waals surface area contributed by atoms with Crippen molar-refractivity contribution in [2.75, 3.05) is 34.5 Å². The third kappa shape index (κ3) is 5.66. The van der Waals surface area contributed by atoms with Crippen LogP contribution in [0.15, 0.2) is 78.9 Å². The molecule has 7 heteroatoms. The summed E-state index contributed by atoms with van der Waals surface area (Å²) < 4.78 is 29.6. The molecule has 0 saturated carbocycles. The number of benzene rings is 3. The van der Waals surface area contributed by atoms with Crippen molar-refractivity contribution in [3.8, 4) is 11.5 Å². The molecular formula is C30H37NO6. The van der Waals surface area contributed by atoms with E-state index in [-0.39, 0.29) is 12.7 Å². The normalized spacial score (nSPS) is 21.6. The largest absolute Gasteiger partial charge is 0.497 e. The van der Waals surface area contributed by atoms with E-state index >= 15 is 0 Å². The Labute approximate surface area is 219 Å². The van der Waals surface area contributed by atoms with Gasteiger partial charge in [-0.25, -0.2) is 0 Å². The Morgan fingerprint density at radius 1 is 0.784 bits per heavy atom. The number of methoxy groups -OCH3 is 3. The maximum absolute atomic E-state index is 11.1. The quantitative estimate of drug-likeness (QED) is 0.359. The molecule has 1 aliphatic rings. The van der Waals surface area contributed by atoms with Crippen LogP contribution in [0.1, 0.15) is 29.5 Å². The van der Waals surface area contributed by atoms with Crippen LogP contribution in [-0.4, -0.2) is 64.0 Å². The lowest BCUT2D eigenvalue weighted by Gasteiger charge is -2.37. The summed E-state index contributed by atoms with van der Waals surface area (Å²) in [6, 6.07) is 25.7. The lowest BCUT2D eigenvalue weighted by Crippen LogP contribution is -2.40. The molecule has 0 spiro atoms. The molecule has 4 atom stereocenters. The number of hydrogen-bond donors (Lipinski definition) is 2. The van der Waals surface area contributed by atoms with Gasteiger partial charge in [0.2, 0.25) is 0 Å². The molecule has 0 unspecified atom stereocenters. The standard InChI is InChI=1S/C30H37NO6/c1-33-24-15-11-22(12-16-24)30(21-8-5-4-6-9-21,23-13-17-25(34-2)18-14-23)36-20-27-28(32)29(35-3)26(37-27)10-7-19-31/h4-6,8-9,11-18,26-29,32H,7,10,19-20,31H2,1-3H3/t26-,27-,28-,29+/m1/s1. The highest BCUT2D eigenvalue weighted by Crippen LogP contribution is 2.42. The Morgan fingerprint density at radius 2 is 1.32 bits per heavy atom. The summed E-state index contributed by atoms with van der Waals surface area (Å²) in [4.78, 5) is 0. The lowest BCUT2D eigenvalue weighted by molar-refractivity contribution is -0.0830. The van der Waals surface area contributed by atoms with E-state index in [1.54, 1.807) is 21.3 Å². The molecule has 7 nitrogen and oxygen atoms in total. The summed E-state index contributed by atoms with van der Waals surface area (Å²) in [5.41, 5.74) is 7.51. The van der Waals surface area contributed by atoms with E-state index in [1.165, 1.54) is 0 Å². The van der Waals surface area contributed by atoms with Gasteiger partial charge in [0.15, 0.2) is 0 Å². The van der Waals surface area contributed by atoms with Crippen molar-refractivity contribution in [1.29, 1.82) is 0 Å². The molecule has 198 valence electrons. The van der Waals surface area contributed by atoms with E-state index in [0.717, 1.165) is 34.6 Å². The fraction of sp³-hybridized carbons (Fsp3) is 0.400. The van der Waals surface area contributed by atoms with Crippen molar-refractivity contribution in [1.82, 2.24) is 0 Å². The number of rotatable bonds is 12. The van der Waals surface area contributed by atoms with Crippen LogP contribution in [0.3, 0.4) is 0 Å². The van der Waals surface area contributed by atoms with Crippen LogP contribution in [0.5, 0.6) is 11.5 Å². The summed E-state index contributed by atoms with van der Waals surface area (Å²) in [6.45, 7) is 0.701. The molecule has 1 saturated heterocycles. The number of aliphatic hydroxyl groups excluding tert-OH is 1. The van der Waals surface area contributed by atoms with E-state index < -0.39 is 23.9 Å². The fourth-order valence-corrected chi connectivity index (χ4v) is 5.08. The number of hydrogen-bond acceptors (Lipinski definition) is 7. The van der Waals surface area contributed by atoms with Gasteiger partial charge in [-0.15, -0.1) is 0 Å². The summed E-state index contributed by atoms with van der Waals surface area (Å²) in [6.07, 6.45) is -0.571. The van der Waals surface area contributed by atoms with Gasteiger partial charge in [-0.05, 0) is 60.3 Å². The molecule has 0 amide bonds. The molecule has 3 aromatic carbocycles. The fourth-order valence-electron chi connectivity index (χ4n) is 5.08. The predicted molar refractivity (Wildman–Crippen MR) is 142 cm³/mol. The summed E-state index contributed by atoms with van der Waals surface area (Å²) in [5, 5.41) is 11.1. The van der Waals surface area contributed by atoms with Gasteiger partial charge in [-0.3, -0.25) is 0 Å². The highest BCUT2D eigenvalue weighted by Gasteiger charge is 2.46. The van der Waals surface area contributed by atoms with E-state index in [2.05, 4.69) is 0 Å². The average molecular weight is 508 g/mol. The molecule has 1 heterocycles. The highest BCUT2D eigenvalue weighted by molar-refractivity contribution is 5.49. The number of aliphatic hydroxyl groups is 1. The van der Waals surface area contributed by atoms with Crippen LogP contribution in [0.25, 0.3) is 0 Å². The average Bonchev–Trinajstić information content (AvgIpc) is 3.27. The first-order valence-corrected chi connectivity index (χ1v) is 12.6. The second kappa shape index (κ2) is 12.5. The lowest BCUT2D eigenvalue weighted by atomic mass is 9.80. The molecule has 3 aromatic rings. The first-order valence-electron chi connectivity index (χ1n) is 12.6. The molecule has 0 aliphatic carbocycles. The van der Waals surface area contributed by atoms with Crippen LogP contribution in [0.2, 0.25) is 0 Å². The van der Waals surface area contributed by atoms with Gasteiger partial charge in [0.1, 0.15) is 35.4 Å². The first kappa shape index (κ1) is 27.1. The molecule has 1 fully saturated rings. The molecule has 0 bridgehead atoms. The third-order valence-corrected chi connectivity index (χ3v) is 7.04. The van der Waals surface area contributed by atoms with Gasteiger partial charge < -0.3 is 34.5 Å². The van der Waals surface area contributed by atoms with Crippen molar-refractivity contribution in [3.05, 3.63) is 95.6 Å². The maximum Gasteiger partial charge on any atom is 0.143 e. The zero-order chi connectivity index (χ0) is 26.3. The van der Waals surface area contributed by atoms with E-state index in [9.17, 15) is 5.11 Å². The minimum absolute atomic E-state index is 0.146. The molecule has 4 rings (SSSR count). The van der Waals surface area contributed by atoms with Crippen molar-refractivity contribution in [3.63, 3.8) is 0 Å². The summed E-state index contributed by atoms with van der Waals surface area (Å²) in [7, 11) is 4.88. The van der Waals surface area contributed by atoms with E-state index in [4.69, 9.17) is 29.4 Å².